The molecule has 0 amide bonds. The second-order valence-electron chi connectivity index (χ2n) is 44.1. The van der Waals surface area contributed by atoms with Crippen LogP contribution < -0.4 is 51.0 Å². The maximum Gasteiger partial charge on any atom is 0.264 e. The summed E-state index contributed by atoms with van der Waals surface area (Å²) >= 11 is 4.13. The molecule has 8 heteroatoms. The third kappa shape index (κ3) is 12.4. The van der Waals surface area contributed by atoms with E-state index in [1.165, 1.54) is 199 Å². The Balaban J connectivity index is 0.754. The fraction of sp³-hybridized carbons (Fsp3) is 0.402. The fourth-order valence-corrected chi connectivity index (χ4v) is 23.6. The minimum absolute atomic E-state index is 0.0143. The van der Waals surface area contributed by atoms with Gasteiger partial charge in [0.05, 0.1) is 11.4 Å². The minimum Gasteiger partial charge on any atom is -0.311 e. The molecule has 0 saturated heterocycles. The van der Waals surface area contributed by atoms with Gasteiger partial charge in [-0.15, -0.1) is 22.7 Å². The van der Waals surface area contributed by atoms with Gasteiger partial charge >= 0.3 is 0 Å². The Morgan fingerprint density at radius 3 is 1.09 bits per heavy atom. The average Bonchev–Trinajstić information content (AvgIpc) is 1.62. The van der Waals surface area contributed by atoms with Crippen LogP contribution >= 0.6 is 22.7 Å². The number of aryl methyl sites for hydroxylation is 3. The second kappa shape index (κ2) is 25.7. The van der Waals surface area contributed by atoms with Crippen molar-refractivity contribution in [3.05, 3.63) is 248 Å². The molecule has 6 heterocycles. The van der Waals surface area contributed by atoms with Crippen LogP contribution in [0.2, 0.25) is 0 Å². The molecular weight excluding hydrogens is 1430 g/mol. The van der Waals surface area contributed by atoms with Crippen LogP contribution in [0, 0.1) is 20.8 Å². The van der Waals surface area contributed by atoms with Crippen LogP contribution in [-0.4, -0.2) is 13.4 Å². The summed E-state index contributed by atoms with van der Waals surface area (Å²) in [5, 5.41) is 2.76. The zero-order valence-corrected chi connectivity index (χ0v) is 75.9. The summed E-state index contributed by atoms with van der Waals surface area (Å²) in [6.07, 6.45) is 6.77. The van der Waals surface area contributed by atoms with E-state index in [1.807, 2.05) is 0 Å². The summed E-state index contributed by atoms with van der Waals surface area (Å²) < 4.78 is 5.67. The molecule has 4 aliphatic heterocycles. The SMILES string of the molecule is Cc1cc2c3c(c1)N(c1ccc(C(C)(C)CCC4(C)CCC(C)(C)c5cc6c7c(sc6cc54)B4c5ccc(C(C)(C)C)cc5N(c5ccc(C(C)(C)C)cc5C)c5cc(C)cc(c54)N7c4ccc(C(C)(C)C)cc4)cc1)c1c(sc4cc5c(cc14)C(C)(C)CCC5(C)C)B3c1ccc(C(C)(C)C)cc1N2c1ccc(C(C)(C)C)cc1. The lowest BCUT2D eigenvalue weighted by molar-refractivity contribution is 0.272. The van der Waals surface area contributed by atoms with Gasteiger partial charge in [0.1, 0.15) is 0 Å². The number of anilines is 12. The van der Waals surface area contributed by atoms with Crippen molar-refractivity contribution >= 4 is 156 Å². The highest BCUT2D eigenvalue weighted by atomic mass is 32.1. The Morgan fingerprint density at radius 1 is 0.322 bits per heavy atom. The van der Waals surface area contributed by atoms with Gasteiger partial charge < -0.3 is 19.6 Å². The van der Waals surface area contributed by atoms with Gasteiger partial charge in [0.15, 0.2) is 0 Å². The number of hydrogen-bond acceptors (Lipinski definition) is 6. The fourth-order valence-electron chi connectivity index (χ4n) is 20.9. The van der Waals surface area contributed by atoms with E-state index in [0.717, 1.165) is 25.7 Å². The van der Waals surface area contributed by atoms with Crippen LogP contribution in [0.1, 0.15) is 277 Å². The van der Waals surface area contributed by atoms with Crippen molar-refractivity contribution in [1.29, 1.82) is 0 Å². The number of thiophene rings is 2. The molecule has 2 aliphatic carbocycles. The van der Waals surface area contributed by atoms with Crippen molar-refractivity contribution in [1.82, 2.24) is 0 Å². The molecule has 6 aliphatic rings. The molecule has 115 heavy (non-hydrogen) atoms. The van der Waals surface area contributed by atoms with Gasteiger partial charge in [-0.05, 0) is 311 Å². The van der Waals surface area contributed by atoms with E-state index in [4.69, 9.17) is 0 Å². The molecule has 10 aromatic carbocycles. The van der Waals surface area contributed by atoms with Crippen molar-refractivity contribution in [2.75, 3.05) is 19.6 Å². The molecule has 588 valence electrons. The van der Waals surface area contributed by atoms with Crippen molar-refractivity contribution in [2.24, 2.45) is 0 Å². The smallest absolute Gasteiger partial charge is 0.264 e. The monoisotopic (exact) mass is 1550 g/mol. The van der Waals surface area contributed by atoms with Gasteiger partial charge in [0.2, 0.25) is 0 Å². The molecule has 2 aromatic heterocycles. The van der Waals surface area contributed by atoms with E-state index < -0.39 is 0 Å². The maximum absolute atomic E-state index is 2.73. The average molecular weight is 1550 g/mol. The normalized spacial score (nSPS) is 17.9. The van der Waals surface area contributed by atoms with Gasteiger partial charge in [0, 0.05) is 86.6 Å². The van der Waals surface area contributed by atoms with Crippen LogP contribution in [0.5, 0.6) is 0 Å². The van der Waals surface area contributed by atoms with E-state index in [1.54, 1.807) is 5.56 Å². The Labute approximate surface area is 698 Å². The Hall–Kier alpha value is -8.55. The van der Waals surface area contributed by atoms with Gasteiger partial charge in [-0.2, -0.15) is 0 Å². The highest BCUT2D eigenvalue weighted by molar-refractivity contribution is 7.34. The topological polar surface area (TPSA) is 13.0 Å². The third-order valence-electron chi connectivity index (χ3n) is 28.6. The van der Waals surface area contributed by atoms with Crippen LogP contribution in [0.4, 0.5) is 68.2 Å². The van der Waals surface area contributed by atoms with Crippen molar-refractivity contribution in [3.63, 3.8) is 0 Å². The van der Waals surface area contributed by atoms with E-state index in [9.17, 15) is 0 Å². The van der Waals surface area contributed by atoms with Crippen LogP contribution in [0.3, 0.4) is 0 Å². The molecule has 0 fully saturated rings. The molecule has 0 spiro atoms. The molecule has 0 saturated carbocycles. The summed E-state index contributed by atoms with van der Waals surface area (Å²) in [4.78, 5) is 10.7. The summed E-state index contributed by atoms with van der Waals surface area (Å²) in [5.74, 6) is 0. The molecule has 18 rings (SSSR count). The van der Waals surface area contributed by atoms with E-state index in [2.05, 4.69) is 405 Å². The molecule has 12 aromatic rings. The molecule has 4 nitrogen and oxygen atoms in total. The lowest BCUT2D eigenvalue weighted by Crippen LogP contribution is -2.60. The van der Waals surface area contributed by atoms with Crippen molar-refractivity contribution in [2.45, 2.75) is 280 Å². The number of fused-ring (bicyclic) bond motifs is 14. The first kappa shape index (κ1) is 77.7. The van der Waals surface area contributed by atoms with Gasteiger partial charge in [-0.25, -0.2) is 0 Å². The van der Waals surface area contributed by atoms with E-state index >= 15 is 0 Å². The predicted molar refractivity (Wildman–Crippen MR) is 507 cm³/mol. The number of hydrogen-bond donors (Lipinski definition) is 0. The summed E-state index contributed by atoms with van der Waals surface area (Å²) in [6.45, 7) is 65.0. The van der Waals surface area contributed by atoms with Gasteiger partial charge in [-0.3, -0.25) is 0 Å². The van der Waals surface area contributed by atoms with Crippen LogP contribution in [0.15, 0.2) is 176 Å². The Kier molecular flexibility index (Phi) is 17.4. The van der Waals surface area contributed by atoms with E-state index in [-0.39, 0.29) is 67.6 Å². The van der Waals surface area contributed by atoms with Crippen LogP contribution in [0.25, 0.3) is 20.2 Å². The highest BCUT2D eigenvalue weighted by Crippen LogP contribution is 2.58. The molecular formula is C107H122B2N4S2. The Bertz CT molecular complexity index is 6020. The first-order valence-corrected chi connectivity index (χ1v) is 44.8. The van der Waals surface area contributed by atoms with Crippen molar-refractivity contribution in [3.8, 4) is 0 Å². The number of rotatable bonds is 8. The lowest BCUT2D eigenvalue weighted by atomic mass is 9.36. The minimum atomic E-state index is -0.125. The first-order valence-electron chi connectivity index (χ1n) is 43.2. The van der Waals surface area contributed by atoms with Crippen LogP contribution in [-0.2, 0) is 54.1 Å². The second-order valence-corrected chi connectivity index (χ2v) is 46.3. The number of benzene rings is 10. The molecule has 0 bridgehead atoms. The summed E-state index contributed by atoms with van der Waals surface area (Å²) in [5.41, 5.74) is 38.8. The Morgan fingerprint density at radius 2 is 0.661 bits per heavy atom. The number of nitrogens with zero attached hydrogens (tertiary/aromatic N) is 4. The summed E-state index contributed by atoms with van der Waals surface area (Å²) in [7, 11) is 0. The lowest BCUT2D eigenvalue weighted by Gasteiger charge is -2.45. The zero-order valence-electron chi connectivity index (χ0n) is 74.2. The molecule has 0 radical (unpaired) electrons. The zero-order chi connectivity index (χ0) is 81.8. The molecule has 1 unspecified atom stereocenters. The van der Waals surface area contributed by atoms with Gasteiger partial charge in [-0.1, -0.05) is 239 Å². The third-order valence-corrected chi connectivity index (χ3v) is 31.1. The first-order chi connectivity index (χ1) is 53.7. The molecule has 1 atom stereocenters. The standard InChI is InChI=1S/C107H122B2N4S2/c1-63-52-86-92-87(53-63)112(94-75-59-77-79(105(23,24)47-46-104(77,21)22)61-90(75)114-96(94)108(92)81-43-34-70(101(13,14)15)57-84(81)110(86)72-37-28-66(29-38-72)98(4,5)6)74-41-32-68(33-42-74)103(19,20)48-50-107(27)51-49-106(25,26)78-60-76-91(62-80(78)107)115-97-95(76)111(73-39-30-67(31-40-73)99(7,8)9)88-54-64(2)55-89-93(88)109(97)82-44-35-71(102(16,17)18)58-85(82)113(89)83-45-36-69(56-65(83)3)100(10,11)12/h28-45,52-62H,46-51H2,1-27H3. The van der Waals surface area contributed by atoms with Crippen molar-refractivity contribution < 1.29 is 0 Å². The quantitative estimate of drug-likeness (QED) is 0.141. The van der Waals surface area contributed by atoms with Gasteiger partial charge in [0.25, 0.3) is 13.4 Å². The summed E-state index contributed by atoms with van der Waals surface area (Å²) in [6, 6.07) is 72.3. The maximum atomic E-state index is 2.73. The molecule has 0 N–H and O–H groups in total. The highest BCUT2D eigenvalue weighted by Gasteiger charge is 2.51. The van der Waals surface area contributed by atoms with E-state index in [0.29, 0.717) is 0 Å². The predicted octanol–water partition coefficient (Wildman–Crippen LogP) is 27.1. The largest absolute Gasteiger partial charge is 0.311 e.